The molecule has 2 aliphatic rings. The highest BCUT2D eigenvalue weighted by Gasteiger charge is 2.50. The van der Waals surface area contributed by atoms with Gasteiger partial charge in [-0.1, -0.05) is 30.3 Å². The van der Waals surface area contributed by atoms with Gasteiger partial charge in [-0.25, -0.2) is 4.79 Å². The summed E-state index contributed by atoms with van der Waals surface area (Å²) >= 11 is 0. The lowest BCUT2D eigenvalue weighted by Gasteiger charge is -2.31. The number of ketones is 2. The van der Waals surface area contributed by atoms with Gasteiger partial charge in [0.05, 0.1) is 12.7 Å². The van der Waals surface area contributed by atoms with E-state index in [1.54, 1.807) is 19.1 Å². The maximum absolute atomic E-state index is 13.3. The Morgan fingerprint density at radius 2 is 1.86 bits per heavy atom. The number of ether oxygens (including phenoxy) is 4. The lowest BCUT2D eigenvalue weighted by Crippen LogP contribution is -2.50. The first-order valence-corrected chi connectivity index (χ1v) is 11.4. The molecular formula is C29H24O8. The number of esters is 1. The van der Waals surface area contributed by atoms with Crippen LogP contribution >= 0.6 is 0 Å². The second-order valence-electron chi connectivity index (χ2n) is 8.50. The molecule has 2 aromatic carbocycles. The number of rotatable bonds is 8. The molecule has 0 saturated heterocycles. The number of allylic oxidation sites excluding steroid dienone is 4. The van der Waals surface area contributed by atoms with E-state index in [9.17, 15) is 19.2 Å². The number of fused-ring (bicyclic) bond motifs is 1. The molecule has 1 aliphatic carbocycles. The minimum absolute atomic E-state index is 0.0706. The Balaban J connectivity index is 1.57. The van der Waals surface area contributed by atoms with Crippen LogP contribution in [-0.2, 0) is 30.5 Å². The molecule has 0 amide bonds. The maximum atomic E-state index is 13.3. The van der Waals surface area contributed by atoms with Crippen LogP contribution in [0.15, 0.2) is 89.9 Å². The number of carbonyl (C=O) groups excluding carboxylic acids is 4. The topological polar surface area (TPSA) is 105 Å². The highest BCUT2D eigenvalue weighted by molar-refractivity contribution is 6.26. The van der Waals surface area contributed by atoms with E-state index in [-0.39, 0.29) is 22.6 Å². The van der Waals surface area contributed by atoms with Gasteiger partial charge in [-0.3, -0.25) is 14.4 Å². The average molecular weight is 501 g/mol. The van der Waals surface area contributed by atoms with Gasteiger partial charge in [-0.15, -0.1) is 0 Å². The fraction of sp³-hybridized carbons (Fsp3) is 0.172. The first-order valence-electron chi connectivity index (χ1n) is 11.4. The second kappa shape index (κ2) is 10.5. The SMILES string of the molecule is COc1cc(OCc2ccccc2)cc(C)c1C(=O)O[C@]1(C)C(=O)C=C2C=C(/C=C\C=O)OC=C2C1=O. The van der Waals surface area contributed by atoms with Crippen LogP contribution in [0.4, 0.5) is 0 Å². The third-order valence-corrected chi connectivity index (χ3v) is 5.94. The van der Waals surface area contributed by atoms with E-state index >= 15 is 0 Å². The van der Waals surface area contributed by atoms with Crippen LogP contribution in [0, 0.1) is 6.92 Å². The fourth-order valence-electron chi connectivity index (χ4n) is 3.94. The minimum atomic E-state index is -2.10. The highest BCUT2D eigenvalue weighted by Crippen LogP contribution is 2.36. The van der Waals surface area contributed by atoms with Crippen molar-refractivity contribution in [2.24, 2.45) is 0 Å². The largest absolute Gasteiger partial charge is 0.496 e. The summed E-state index contributed by atoms with van der Waals surface area (Å²) in [4.78, 5) is 50.0. The summed E-state index contributed by atoms with van der Waals surface area (Å²) in [7, 11) is 1.40. The zero-order valence-electron chi connectivity index (χ0n) is 20.5. The van der Waals surface area contributed by atoms with Crippen molar-refractivity contribution in [2.75, 3.05) is 7.11 Å². The third kappa shape index (κ3) is 5.13. The van der Waals surface area contributed by atoms with Crippen molar-refractivity contribution in [1.29, 1.82) is 0 Å². The molecule has 0 spiro atoms. The van der Waals surface area contributed by atoms with E-state index in [0.717, 1.165) is 5.56 Å². The molecule has 0 radical (unpaired) electrons. The maximum Gasteiger partial charge on any atom is 0.343 e. The summed E-state index contributed by atoms with van der Waals surface area (Å²) in [6.07, 6.45) is 7.02. The molecule has 0 saturated carbocycles. The Hall–Kier alpha value is -4.72. The molecule has 0 unspecified atom stereocenters. The number of benzene rings is 2. The van der Waals surface area contributed by atoms with E-state index in [1.165, 1.54) is 44.6 Å². The molecule has 0 fully saturated rings. The molecule has 37 heavy (non-hydrogen) atoms. The number of aldehydes is 1. The zero-order valence-corrected chi connectivity index (χ0v) is 20.5. The van der Waals surface area contributed by atoms with Crippen molar-refractivity contribution >= 4 is 23.8 Å². The summed E-state index contributed by atoms with van der Waals surface area (Å²) < 4.78 is 22.2. The summed E-state index contributed by atoms with van der Waals surface area (Å²) in [5, 5.41) is 0. The minimum Gasteiger partial charge on any atom is -0.496 e. The Labute approximate surface area is 213 Å². The number of hydrogen-bond acceptors (Lipinski definition) is 8. The lowest BCUT2D eigenvalue weighted by atomic mass is 9.80. The van der Waals surface area contributed by atoms with Gasteiger partial charge in [0.2, 0.25) is 17.2 Å². The van der Waals surface area contributed by atoms with Crippen LogP contribution in [0.25, 0.3) is 0 Å². The number of methoxy groups -OCH3 is 1. The van der Waals surface area contributed by atoms with E-state index < -0.39 is 23.1 Å². The molecule has 1 atom stereocenters. The molecule has 1 heterocycles. The van der Waals surface area contributed by atoms with Gasteiger partial charge in [-0.05, 0) is 60.9 Å². The van der Waals surface area contributed by atoms with E-state index in [4.69, 9.17) is 18.9 Å². The molecule has 2 aromatic rings. The van der Waals surface area contributed by atoms with Gasteiger partial charge in [0.1, 0.15) is 42.0 Å². The third-order valence-electron chi connectivity index (χ3n) is 5.94. The van der Waals surface area contributed by atoms with Crippen molar-refractivity contribution < 1.29 is 38.1 Å². The predicted molar refractivity (Wildman–Crippen MR) is 133 cm³/mol. The summed E-state index contributed by atoms with van der Waals surface area (Å²) in [5.74, 6) is -1.38. The monoisotopic (exact) mass is 500 g/mol. The summed E-state index contributed by atoms with van der Waals surface area (Å²) in [6, 6.07) is 12.8. The average Bonchev–Trinajstić information content (AvgIpc) is 2.89. The smallest absolute Gasteiger partial charge is 0.343 e. The Morgan fingerprint density at radius 1 is 1.11 bits per heavy atom. The highest BCUT2D eigenvalue weighted by atomic mass is 16.6. The van der Waals surface area contributed by atoms with Crippen LogP contribution in [0.1, 0.15) is 28.4 Å². The molecular weight excluding hydrogens is 476 g/mol. The van der Waals surface area contributed by atoms with E-state index in [1.807, 2.05) is 30.3 Å². The van der Waals surface area contributed by atoms with Crippen LogP contribution in [0.2, 0.25) is 0 Å². The molecule has 8 nitrogen and oxygen atoms in total. The van der Waals surface area contributed by atoms with Gasteiger partial charge >= 0.3 is 5.97 Å². The first kappa shape index (κ1) is 25.4. The van der Waals surface area contributed by atoms with Gasteiger partial charge in [0.15, 0.2) is 0 Å². The number of Topliss-reactive ketones (excluding diaryl/α,β-unsaturated/α-hetero) is 1. The number of hydrogen-bond donors (Lipinski definition) is 0. The molecule has 188 valence electrons. The first-order chi connectivity index (χ1) is 17.8. The van der Waals surface area contributed by atoms with Crippen LogP contribution in [0.3, 0.4) is 0 Å². The van der Waals surface area contributed by atoms with Crippen LogP contribution < -0.4 is 9.47 Å². The second-order valence-corrected chi connectivity index (χ2v) is 8.50. The van der Waals surface area contributed by atoms with Gasteiger partial charge in [-0.2, -0.15) is 0 Å². The van der Waals surface area contributed by atoms with Crippen molar-refractivity contribution in [2.45, 2.75) is 26.1 Å². The number of aryl methyl sites for hydroxylation is 1. The lowest BCUT2D eigenvalue weighted by molar-refractivity contribution is -0.145. The van der Waals surface area contributed by atoms with Crippen LogP contribution in [-0.4, -0.2) is 36.5 Å². The molecule has 0 aromatic heterocycles. The summed E-state index contributed by atoms with van der Waals surface area (Å²) in [5.41, 5.74) is -0.195. The number of carbonyl (C=O) groups is 4. The van der Waals surface area contributed by atoms with Gasteiger partial charge in [0.25, 0.3) is 0 Å². The Morgan fingerprint density at radius 3 is 2.57 bits per heavy atom. The summed E-state index contributed by atoms with van der Waals surface area (Å²) in [6.45, 7) is 3.24. The molecule has 1 aliphatic heterocycles. The quantitative estimate of drug-likeness (QED) is 0.231. The molecule has 8 heteroatoms. The molecule has 4 rings (SSSR count). The van der Waals surface area contributed by atoms with E-state index in [0.29, 0.717) is 29.8 Å². The van der Waals surface area contributed by atoms with Gasteiger partial charge < -0.3 is 18.9 Å². The molecule has 0 bridgehead atoms. The Kier molecular flexibility index (Phi) is 7.20. The van der Waals surface area contributed by atoms with Crippen molar-refractivity contribution in [3.8, 4) is 11.5 Å². The Bertz CT molecular complexity index is 1390. The fourth-order valence-corrected chi connectivity index (χ4v) is 3.94. The van der Waals surface area contributed by atoms with Crippen molar-refractivity contribution in [3.05, 3.63) is 107 Å². The molecule has 0 N–H and O–H groups in total. The van der Waals surface area contributed by atoms with Crippen molar-refractivity contribution in [3.63, 3.8) is 0 Å². The van der Waals surface area contributed by atoms with Crippen LogP contribution in [0.5, 0.6) is 11.5 Å². The van der Waals surface area contributed by atoms with E-state index in [2.05, 4.69) is 0 Å². The van der Waals surface area contributed by atoms with Gasteiger partial charge in [0, 0.05) is 6.07 Å². The van der Waals surface area contributed by atoms with Crippen molar-refractivity contribution in [1.82, 2.24) is 0 Å². The predicted octanol–water partition coefficient (Wildman–Crippen LogP) is 4.13. The standard InChI is InChI=1S/C29H24O8/c1-18-12-22(35-16-19-8-5-4-6-9-19)15-24(34-3)26(18)28(33)37-29(2)25(31)14-20-13-21(10-7-11-30)36-17-23(20)27(29)32/h4-15,17H,16H2,1-3H3/b10-7-/t29-/m1/s1. The normalized spacial score (nSPS) is 18.7. The zero-order chi connectivity index (χ0) is 26.6.